The minimum absolute atomic E-state index is 0.479. The monoisotopic (exact) mass is 288 g/mol. The van der Waals surface area contributed by atoms with E-state index < -0.39 is 0 Å². The first-order valence-electron chi connectivity index (χ1n) is 8.36. The average Bonchev–Trinajstić information content (AvgIpc) is 2.45. The molecule has 0 amide bonds. The fourth-order valence-corrected chi connectivity index (χ4v) is 3.34. The van der Waals surface area contributed by atoms with Gasteiger partial charge in [-0.1, -0.05) is 32.9 Å². The van der Waals surface area contributed by atoms with E-state index in [0.29, 0.717) is 11.5 Å². The molecule has 0 aliphatic heterocycles. The van der Waals surface area contributed by atoms with Crippen molar-refractivity contribution in [2.24, 2.45) is 11.3 Å². The Labute approximate surface area is 130 Å². The van der Waals surface area contributed by atoms with Crippen LogP contribution in [0, 0.1) is 11.3 Å². The van der Waals surface area contributed by atoms with Crippen LogP contribution in [0.15, 0.2) is 24.3 Å². The molecule has 2 heteroatoms. The third kappa shape index (κ3) is 4.74. The zero-order chi connectivity index (χ0) is 15.5. The normalized spacial score (nSPS) is 23.1. The Kier molecular flexibility index (Phi) is 5.32. The van der Waals surface area contributed by atoms with E-state index in [-0.39, 0.29) is 0 Å². The van der Waals surface area contributed by atoms with Crippen molar-refractivity contribution in [1.29, 1.82) is 0 Å². The standard InChI is InChI=1S/C19H32N2/c1-19(2,3)16-8-10-17(11-9-16)20-14-15-6-12-18(13-7-15)21(4)5/h6-7,12-13,16-17,20H,8-11,14H2,1-5H3. The highest BCUT2D eigenvalue weighted by molar-refractivity contribution is 5.45. The maximum Gasteiger partial charge on any atom is 0.0361 e. The summed E-state index contributed by atoms with van der Waals surface area (Å²) < 4.78 is 0. The Hall–Kier alpha value is -1.02. The lowest BCUT2D eigenvalue weighted by Crippen LogP contribution is -2.35. The predicted octanol–water partition coefficient (Wildman–Crippen LogP) is 4.45. The molecule has 0 bridgehead atoms. The van der Waals surface area contributed by atoms with Gasteiger partial charge in [-0.25, -0.2) is 0 Å². The van der Waals surface area contributed by atoms with E-state index in [1.807, 2.05) is 0 Å². The smallest absolute Gasteiger partial charge is 0.0361 e. The van der Waals surface area contributed by atoms with Crippen LogP contribution < -0.4 is 10.2 Å². The van der Waals surface area contributed by atoms with E-state index >= 15 is 0 Å². The third-order valence-electron chi connectivity index (χ3n) is 5.00. The Morgan fingerprint density at radius 1 is 1.00 bits per heavy atom. The van der Waals surface area contributed by atoms with Crippen LogP contribution in [-0.2, 0) is 6.54 Å². The van der Waals surface area contributed by atoms with Gasteiger partial charge >= 0.3 is 0 Å². The molecule has 2 nitrogen and oxygen atoms in total. The lowest BCUT2D eigenvalue weighted by Gasteiger charge is -2.37. The van der Waals surface area contributed by atoms with Crippen LogP contribution >= 0.6 is 0 Å². The molecule has 1 aliphatic rings. The van der Waals surface area contributed by atoms with Crippen molar-refractivity contribution < 1.29 is 0 Å². The van der Waals surface area contributed by atoms with Crippen LogP contribution in [0.4, 0.5) is 5.69 Å². The molecule has 0 unspecified atom stereocenters. The van der Waals surface area contributed by atoms with E-state index in [2.05, 4.69) is 69.3 Å². The second-order valence-electron chi connectivity index (χ2n) is 7.86. The topological polar surface area (TPSA) is 15.3 Å². The van der Waals surface area contributed by atoms with Crippen molar-refractivity contribution in [3.63, 3.8) is 0 Å². The average molecular weight is 288 g/mol. The molecule has 1 aliphatic carbocycles. The summed E-state index contributed by atoms with van der Waals surface area (Å²) in [7, 11) is 4.17. The van der Waals surface area contributed by atoms with Crippen molar-refractivity contribution in [3.05, 3.63) is 29.8 Å². The van der Waals surface area contributed by atoms with Crippen LogP contribution in [0.2, 0.25) is 0 Å². The van der Waals surface area contributed by atoms with E-state index in [9.17, 15) is 0 Å². The molecule has 1 saturated carbocycles. The Morgan fingerprint density at radius 2 is 1.57 bits per heavy atom. The van der Waals surface area contributed by atoms with Crippen LogP contribution in [0.3, 0.4) is 0 Å². The van der Waals surface area contributed by atoms with Crippen LogP contribution in [0.25, 0.3) is 0 Å². The number of hydrogen-bond donors (Lipinski definition) is 1. The van der Waals surface area contributed by atoms with Gasteiger partial charge in [0.25, 0.3) is 0 Å². The van der Waals surface area contributed by atoms with Crippen LogP contribution in [0.5, 0.6) is 0 Å². The number of rotatable bonds is 4. The molecule has 0 saturated heterocycles. The summed E-state index contributed by atoms with van der Waals surface area (Å²) in [6.45, 7) is 8.16. The van der Waals surface area contributed by atoms with E-state index in [0.717, 1.165) is 12.5 Å². The third-order valence-corrected chi connectivity index (χ3v) is 5.00. The molecular weight excluding hydrogens is 256 g/mol. The first-order chi connectivity index (χ1) is 9.86. The highest BCUT2D eigenvalue weighted by Crippen LogP contribution is 2.37. The minimum atomic E-state index is 0.479. The molecule has 0 atom stereocenters. The Morgan fingerprint density at radius 3 is 2.05 bits per heavy atom. The fraction of sp³-hybridized carbons (Fsp3) is 0.684. The molecule has 1 fully saturated rings. The van der Waals surface area contributed by atoms with Gasteiger partial charge in [0, 0.05) is 32.4 Å². The van der Waals surface area contributed by atoms with Gasteiger partial charge < -0.3 is 10.2 Å². The molecule has 2 rings (SSSR count). The quantitative estimate of drug-likeness (QED) is 0.880. The summed E-state index contributed by atoms with van der Waals surface area (Å²) >= 11 is 0. The molecule has 0 aromatic heterocycles. The summed E-state index contributed by atoms with van der Waals surface area (Å²) in [4.78, 5) is 2.14. The number of benzene rings is 1. The lowest BCUT2D eigenvalue weighted by atomic mass is 9.71. The van der Waals surface area contributed by atoms with Crippen molar-refractivity contribution in [2.45, 2.75) is 59.0 Å². The molecule has 118 valence electrons. The largest absolute Gasteiger partial charge is 0.378 e. The minimum Gasteiger partial charge on any atom is -0.378 e. The second-order valence-corrected chi connectivity index (χ2v) is 7.86. The first kappa shape index (κ1) is 16.4. The fourth-order valence-electron chi connectivity index (χ4n) is 3.34. The summed E-state index contributed by atoms with van der Waals surface area (Å²) in [6, 6.07) is 9.59. The molecule has 1 N–H and O–H groups in total. The van der Waals surface area contributed by atoms with Crippen molar-refractivity contribution in [1.82, 2.24) is 5.32 Å². The van der Waals surface area contributed by atoms with Gasteiger partial charge in [-0.3, -0.25) is 0 Å². The molecule has 0 heterocycles. The van der Waals surface area contributed by atoms with Gasteiger partial charge in [0.1, 0.15) is 0 Å². The molecular formula is C19H32N2. The predicted molar refractivity (Wildman–Crippen MR) is 92.8 cm³/mol. The van der Waals surface area contributed by atoms with Crippen molar-refractivity contribution in [2.75, 3.05) is 19.0 Å². The highest BCUT2D eigenvalue weighted by atomic mass is 15.1. The van der Waals surface area contributed by atoms with E-state index in [1.54, 1.807) is 0 Å². The van der Waals surface area contributed by atoms with Gasteiger partial charge in [-0.15, -0.1) is 0 Å². The number of nitrogens with zero attached hydrogens (tertiary/aromatic N) is 1. The van der Waals surface area contributed by atoms with Gasteiger partial charge in [-0.05, 0) is 54.7 Å². The maximum atomic E-state index is 3.74. The molecule has 0 spiro atoms. The van der Waals surface area contributed by atoms with Crippen LogP contribution in [-0.4, -0.2) is 20.1 Å². The molecule has 1 aromatic carbocycles. The van der Waals surface area contributed by atoms with Gasteiger partial charge in [0.05, 0.1) is 0 Å². The molecule has 1 aromatic rings. The zero-order valence-electron chi connectivity index (χ0n) is 14.4. The Balaban J connectivity index is 1.77. The summed E-state index contributed by atoms with van der Waals surface area (Å²) in [6.07, 6.45) is 5.41. The van der Waals surface area contributed by atoms with Crippen molar-refractivity contribution >= 4 is 5.69 Å². The number of hydrogen-bond acceptors (Lipinski definition) is 2. The SMILES string of the molecule is CN(C)c1ccc(CNC2CCC(C(C)(C)C)CC2)cc1. The van der Waals surface area contributed by atoms with Crippen LogP contribution in [0.1, 0.15) is 52.0 Å². The number of anilines is 1. The number of nitrogens with one attached hydrogen (secondary N) is 1. The summed E-state index contributed by atoms with van der Waals surface area (Å²) in [5.74, 6) is 0.898. The second kappa shape index (κ2) is 6.83. The highest BCUT2D eigenvalue weighted by Gasteiger charge is 2.29. The van der Waals surface area contributed by atoms with E-state index in [4.69, 9.17) is 0 Å². The zero-order valence-corrected chi connectivity index (χ0v) is 14.4. The lowest BCUT2D eigenvalue weighted by molar-refractivity contribution is 0.160. The van der Waals surface area contributed by atoms with Gasteiger partial charge in [-0.2, -0.15) is 0 Å². The maximum absolute atomic E-state index is 3.74. The molecule has 21 heavy (non-hydrogen) atoms. The first-order valence-corrected chi connectivity index (χ1v) is 8.36. The summed E-state index contributed by atoms with van der Waals surface area (Å²) in [5.41, 5.74) is 3.13. The Bertz CT molecular complexity index is 420. The van der Waals surface area contributed by atoms with Crippen molar-refractivity contribution in [3.8, 4) is 0 Å². The van der Waals surface area contributed by atoms with Gasteiger partial charge in [0.2, 0.25) is 0 Å². The summed E-state index contributed by atoms with van der Waals surface area (Å²) in [5, 5.41) is 3.74. The molecule has 0 radical (unpaired) electrons. The van der Waals surface area contributed by atoms with E-state index in [1.165, 1.54) is 36.9 Å². The van der Waals surface area contributed by atoms with Gasteiger partial charge in [0.15, 0.2) is 0 Å².